The molecule has 4 heteroatoms. The highest BCUT2D eigenvalue weighted by Gasteiger charge is 2.16. The summed E-state index contributed by atoms with van der Waals surface area (Å²) >= 11 is 0. The van der Waals surface area contributed by atoms with Gasteiger partial charge in [-0.15, -0.1) is 0 Å². The molecular weight excluding hydrogens is 197 g/mol. The van der Waals surface area contributed by atoms with Crippen LogP contribution in [-0.4, -0.2) is 19.1 Å². The molecular formula is C11H14FNO2. The Kier molecular flexibility index (Phi) is 3.80. The summed E-state index contributed by atoms with van der Waals surface area (Å²) in [4.78, 5) is 11.0. The van der Waals surface area contributed by atoms with Crippen molar-refractivity contribution in [2.75, 3.05) is 7.11 Å². The lowest BCUT2D eigenvalue weighted by Crippen LogP contribution is -2.33. The van der Waals surface area contributed by atoms with E-state index in [2.05, 4.69) is 4.74 Å². The number of benzene rings is 1. The molecule has 1 atom stereocenters. The molecule has 3 nitrogen and oxygen atoms in total. The van der Waals surface area contributed by atoms with Crippen molar-refractivity contribution in [1.29, 1.82) is 0 Å². The monoisotopic (exact) mass is 211 g/mol. The maximum Gasteiger partial charge on any atom is 0.322 e. The van der Waals surface area contributed by atoms with Crippen molar-refractivity contribution < 1.29 is 13.9 Å². The number of carbonyl (C=O) groups excluding carboxylic acids is 1. The van der Waals surface area contributed by atoms with Gasteiger partial charge in [0.15, 0.2) is 0 Å². The minimum Gasteiger partial charge on any atom is -0.468 e. The summed E-state index contributed by atoms with van der Waals surface area (Å²) in [6, 6.07) is 4.21. The molecule has 0 saturated heterocycles. The molecule has 0 saturated carbocycles. The highest BCUT2D eigenvalue weighted by Crippen LogP contribution is 2.13. The SMILES string of the molecule is COC(=O)C(N)Cc1cccc(C)c1F. The van der Waals surface area contributed by atoms with Crippen LogP contribution in [-0.2, 0) is 16.0 Å². The molecule has 15 heavy (non-hydrogen) atoms. The van der Waals surface area contributed by atoms with Gasteiger partial charge in [0, 0.05) is 6.42 Å². The molecule has 82 valence electrons. The number of aryl methyl sites for hydroxylation is 1. The van der Waals surface area contributed by atoms with Crippen molar-refractivity contribution in [1.82, 2.24) is 0 Å². The van der Waals surface area contributed by atoms with Gasteiger partial charge in [0.1, 0.15) is 11.9 Å². The third-order valence-corrected chi connectivity index (χ3v) is 2.22. The molecule has 0 aliphatic rings. The molecule has 0 amide bonds. The van der Waals surface area contributed by atoms with Crippen LogP contribution in [0.4, 0.5) is 4.39 Å². The van der Waals surface area contributed by atoms with Crippen molar-refractivity contribution in [2.45, 2.75) is 19.4 Å². The molecule has 0 bridgehead atoms. The van der Waals surface area contributed by atoms with E-state index in [0.29, 0.717) is 11.1 Å². The number of ether oxygens (including phenoxy) is 1. The Labute approximate surface area is 88.0 Å². The fourth-order valence-corrected chi connectivity index (χ4v) is 1.34. The molecule has 0 spiro atoms. The smallest absolute Gasteiger partial charge is 0.322 e. The van der Waals surface area contributed by atoms with E-state index in [1.807, 2.05) is 0 Å². The molecule has 0 heterocycles. The number of rotatable bonds is 3. The van der Waals surface area contributed by atoms with Crippen LogP contribution >= 0.6 is 0 Å². The minimum atomic E-state index is -0.814. The van der Waals surface area contributed by atoms with Gasteiger partial charge in [0.05, 0.1) is 7.11 Å². The highest BCUT2D eigenvalue weighted by atomic mass is 19.1. The predicted molar refractivity (Wildman–Crippen MR) is 54.8 cm³/mol. The molecule has 0 aliphatic carbocycles. The molecule has 0 fully saturated rings. The predicted octanol–water partition coefficient (Wildman–Crippen LogP) is 1.18. The average molecular weight is 211 g/mol. The van der Waals surface area contributed by atoms with Crippen molar-refractivity contribution in [2.24, 2.45) is 5.73 Å². The molecule has 1 rings (SSSR count). The van der Waals surface area contributed by atoms with E-state index in [1.54, 1.807) is 25.1 Å². The van der Waals surface area contributed by atoms with Crippen LogP contribution in [0.1, 0.15) is 11.1 Å². The zero-order valence-electron chi connectivity index (χ0n) is 8.79. The second-order valence-corrected chi connectivity index (χ2v) is 3.38. The first-order valence-electron chi connectivity index (χ1n) is 4.63. The summed E-state index contributed by atoms with van der Waals surface area (Å²) in [5.74, 6) is -0.840. The third-order valence-electron chi connectivity index (χ3n) is 2.22. The van der Waals surface area contributed by atoms with Crippen molar-refractivity contribution in [3.63, 3.8) is 0 Å². The summed E-state index contributed by atoms with van der Waals surface area (Å²) < 4.78 is 18.0. The van der Waals surface area contributed by atoms with Gasteiger partial charge >= 0.3 is 5.97 Å². The number of carbonyl (C=O) groups is 1. The Balaban J connectivity index is 2.81. The largest absolute Gasteiger partial charge is 0.468 e. The summed E-state index contributed by atoms with van der Waals surface area (Å²) in [6.07, 6.45) is 0.153. The number of hydrogen-bond donors (Lipinski definition) is 1. The van der Waals surface area contributed by atoms with Crippen molar-refractivity contribution in [3.8, 4) is 0 Å². The van der Waals surface area contributed by atoms with Crippen LogP contribution in [0.5, 0.6) is 0 Å². The van der Waals surface area contributed by atoms with Crippen LogP contribution in [0.25, 0.3) is 0 Å². The normalized spacial score (nSPS) is 12.3. The van der Waals surface area contributed by atoms with Gasteiger partial charge in [-0.3, -0.25) is 4.79 Å². The van der Waals surface area contributed by atoms with Gasteiger partial charge in [-0.1, -0.05) is 18.2 Å². The van der Waals surface area contributed by atoms with E-state index in [9.17, 15) is 9.18 Å². The summed E-state index contributed by atoms with van der Waals surface area (Å²) in [7, 11) is 1.26. The molecule has 1 unspecified atom stereocenters. The van der Waals surface area contributed by atoms with Crippen LogP contribution in [0.15, 0.2) is 18.2 Å². The fraction of sp³-hybridized carbons (Fsp3) is 0.364. The highest BCUT2D eigenvalue weighted by molar-refractivity contribution is 5.75. The number of hydrogen-bond acceptors (Lipinski definition) is 3. The van der Waals surface area contributed by atoms with Gasteiger partial charge in [0.25, 0.3) is 0 Å². The summed E-state index contributed by atoms with van der Waals surface area (Å²) in [6.45, 7) is 1.67. The van der Waals surface area contributed by atoms with Crippen molar-refractivity contribution in [3.05, 3.63) is 35.1 Å². The Morgan fingerprint density at radius 1 is 1.60 bits per heavy atom. The van der Waals surface area contributed by atoms with Gasteiger partial charge in [-0.25, -0.2) is 4.39 Å². The lowest BCUT2D eigenvalue weighted by atomic mass is 10.0. The molecule has 0 aromatic heterocycles. The van der Waals surface area contributed by atoms with E-state index in [0.717, 1.165) is 0 Å². The minimum absolute atomic E-state index is 0.153. The maximum absolute atomic E-state index is 13.5. The topological polar surface area (TPSA) is 52.3 Å². The van der Waals surface area contributed by atoms with Gasteiger partial charge in [-0.05, 0) is 18.1 Å². The zero-order chi connectivity index (χ0) is 11.4. The van der Waals surface area contributed by atoms with Crippen LogP contribution < -0.4 is 5.73 Å². The van der Waals surface area contributed by atoms with Crippen LogP contribution in [0, 0.1) is 12.7 Å². The van der Waals surface area contributed by atoms with E-state index in [-0.39, 0.29) is 12.2 Å². The second-order valence-electron chi connectivity index (χ2n) is 3.38. The lowest BCUT2D eigenvalue weighted by Gasteiger charge is -2.10. The maximum atomic E-state index is 13.5. The first-order chi connectivity index (χ1) is 7.06. The van der Waals surface area contributed by atoms with Gasteiger partial charge in [-0.2, -0.15) is 0 Å². The number of esters is 1. The molecule has 1 aromatic carbocycles. The molecule has 2 N–H and O–H groups in total. The van der Waals surface area contributed by atoms with Crippen LogP contribution in [0.3, 0.4) is 0 Å². The Morgan fingerprint density at radius 3 is 2.87 bits per heavy atom. The second kappa shape index (κ2) is 4.89. The zero-order valence-corrected chi connectivity index (χ0v) is 8.79. The van der Waals surface area contributed by atoms with Crippen molar-refractivity contribution >= 4 is 5.97 Å². The van der Waals surface area contributed by atoms with E-state index >= 15 is 0 Å². The standard InChI is InChI=1S/C11H14FNO2/c1-7-4-3-5-8(10(7)12)6-9(13)11(14)15-2/h3-5,9H,6,13H2,1-2H3. The van der Waals surface area contributed by atoms with Gasteiger partial charge in [0.2, 0.25) is 0 Å². The van der Waals surface area contributed by atoms with E-state index in [4.69, 9.17) is 5.73 Å². The lowest BCUT2D eigenvalue weighted by molar-refractivity contribution is -0.142. The summed E-state index contributed by atoms with van der Waals surface area (Å²) in [5.41, 5.74) is 6.52. The average Bonchev–Trinajstić information content (AvgIpc) is 2.23. The molecule has 0 aliphatic heterocycles. The fourth-order valence-electron chi connectivity index (χ4n) is 1.34. The molecule has 1 aromatic rings. The number of methoxy groups -OCH3 is 1. The Morgan fingerprint density at radius 2 is 2.27 bits per heavy atom. The third kappa shape index (κ3) is 2.76. The van der Waals surface area contributed by atoms with Crippen LogP contribution in [0.2, 0.25) is 0 Å². The van der Waals surface area contributed by atoms with E-state index < -0.39 is 12.0 Å². The number of halogens is 1. The first-order valence-corrected chi connectivity index (χ1v) is 4.63. The quantitative estimate of drug-likeness (QED) is 0.764. The Bertz CT molecular complexity index is 366. The first kappa shape index (κ1) is 11.7. The number of nitrogens with two attached hydrogens (primary N) is 1. The van der Waals surface area contributed by atoms with E-state index in [1.165, 1.54) is 7.11 Å². The summed E-state index contributed by atoms with van der Waals surface area (Å²) in [5, 5.41) is 0. The van der Waals surface area contributed by atoms with Gasteiger partial charge < -0.3 is 10.5 Å². The molecule has 0 radical (unpaired) electrons. The Hall–Kier alpha value is -1.42.